The van der Waals surface area contributed by atoms with Gasteiger partial charge in [0.05, 0.1) is 11.6 Å². The molecule has 0 spiro atoms. The van der Waals surface area contributed by atoms with Crippen molar-refractivity contribution in [3.05, 3.63) is 54.6 Å². The topological polar surface area (TPSA) is 27.0 Å². The van der Waals surface area contributed by atoms with E-state index >= 15 is 0 Å². The third-order valence-electron chi connectivity index (χ3n) is 3.90. The maximum Gasteiger partial charge on any atom is 0.0998 e. The lowest BCUT2D eigenvalue weighted by molar-refractivity contribution is 0.809. The zero-order valence-corrected chi connectivity index (χ0v) is 10.8. The summed E-state index contributed by atoms with van der Waals surface area (Å²) in [4.78, 5) is 2.40. The first-order chi connectivity index (χ1) is 9.35. The van der Waals surface area contributed by atoms with Gasteiger partial charge < -0.3 is 4.90 Å². The van der Waals surface area contributed by atoms with Crippen LogP contribution in [0.25, 0.3) is 10.8 Å². The van der Waals surface area contributed by atoms with Gasteiger partial charge >= 0.3 is 0 Å². The number of rotatable bonds is 2. The molecule has 2 nitrogen and oxygen atoms in total. The van der Waals surface area contributed by atoms with Crippen LogP contribution in [0.1, 0.15) is 18.4 Å². The van der Waals surface area contributed by atoms with Crippen LogP contribution in [-0.4, -0.2) is 12.6 Å². The number of hydrogen-bond acceptors (Lipinski definition) is 2. The molecule has 1 atom stereocenters. The van der Waals surface area contributed by atoms with E-state index in [9.17, 15) is 5.26 Å². The van der Waals surface area contributed by atoms with E-state index in [1.807, 2.05) is 30.3 Å². The molecule has 2 heteroatoms. The second-order valence-electron chi connectivity index (χ2n) is 4.93. The van der Waals surface area contributed by atoms with Crippen molar-refractivity contribution in [1.82, 2.24) is 0 Å². The molecule has 2 aromatic carbocycles. The lowest BCUT2D eigenvalue weighted by Crippen LogP contribution is -2.27. The Morgan fingerprint density at radius 3 is 2.74 bits per heavy atom. The second-order valence-corrected chi connectivity index (χ2v) is 4.93. The summed E-state index contributed by atoms with van der Waals surface area (Å²) in [5.74, 6) is 0. The van der Waals surface area contributed by atoms with E-state index in [0.717, 1.165) is 29.3 Å². The molecule has 0 amide bonds. The molecule has 0 radical (unpaired) electrons. The van der Waals surface area contributed by atoms with Gasteiger partial charge in [-0.3, -0.25) is 0 Å². The lowest BCUT2D eigenvalue weighted by Gasteiger charge is -2.26. The van der Waals surface area contributed by atoms with Gasteiger partial charge in [0.15, 0.2) is 0 Å². The third kappa shape index (κ3) is 1.88. The van der Waals surface area contributed by atoms with Gasteiger partial charge in [0, 0.05) is 29.0 Å². The Hall–Kier alpha value is -2.27. The number of hydrogen-bond donors (Lipinski definition) is 0. The predicted octanol–water partition coefficient (Wildman–Crippen LogP) is 3.87. The van der Waals surface area contributed by atoms with Crippen molar-refractivity contribution in [2.24, 2.45) is 0 Å². The lowest BCUT2D eigenvalue weighted by atomic mass is 10.0. The van der Waals surface area contributed by atoms with Gasteiger partial charge in [0.25, 0.3) is 0 Å². The summed E-state index contributed by atoms with van der Waals surface area (Å²) < 4.78 is 0. The fourth-order valence-corrected chi connectivity index (χ4v) is 2.97. The molecule has 19 heavy (non-hydrogen) atoms. The minimum atomic E-state index is 0.413. The average molecular weight is 248 g/mol. The molecule has 1 heterocycles. The highest BCUT2D eigenvalue weighted by Gasteiger charge is 2.23. The molecule has 1 saturated heterocycles. The smallest absolute Gasteiger partial charge is 0.0998 e. The number of fused-ring (bicyclic) bond motifs is 1. The number of anilines is 1. The van der Waals surface area contributed by atoms with Crippen LogP contribution in [0.5, 0.6) is 0 Å². The van der Waals surface area contributed by atoms with Crippen molar-refractivity contribution < 1.29 is 0 Å². The van der Waals surface area contributed by atoms with Crippen LogP contribution in [0, 0.1) is 11.3 Å². The van der Waals surface area contributed by atoms with Crippen LogP contribution in [0.3, 0.4) is 0 Å². The highest BCUT2D eigenvalue weighted by molar-refractivity contribution is 5.98. The number of nitriles is 1. The summed E-state index contributed by atoms with van der Waals surface area (Å²) in [7, 11) is 0. The molecular formula is C17H16N2. The fourth-order valence-electron chi connectivity index (χ4n) is 2.97. The minimum absolute atomic E-state index is 0.413. The largest absolute Gasteiger partial charge is 0.365 e. The second kappa shape index (κ2) is 4.78. The zero-order valence-electron chi connectivity index (χ0n) is 10.8. The van der Waals surface area contributed by atoms with Crippen LogP contribution in [0.2, 0.25) is 0 Å². The first-order valence-electron chi connectivity index (χ1n) is 6.66. The molecule has 0 aromatic heterocycles. The molecule has 0 aliphatic carbocycles. The minimum Gasteiger partial charge on any atom is -0.365 e. The highest BCUT2D eigenvalue weighted by atomic mass is 15.2. The Balaban J connectivity index is 2.20. The van der Waals surface area contributed by atoms with E-state index in [2.05, 4.69) is 29.7 Å². The van der Waals surface area contributed by atoms with E-state index in [1.54, 1.807) is 0 Å². The van der Waals surface area contributed by atoms with Gasteiger partial charge in [-0.25, -0.2) is 0 Å². The standard InChI is InChI=1S/C17H16N2/c1-2-14-6-5-11-19(14)17-10-9-13(12-18)15-7-3-4-8-16(15)17/h2-4,7-10,14H,1,5-6,11H2/t14-/m1/s1. The van der Waals surface area contributed by atoms with E-state index in [0.29, 0.717) is 6.04 Å². The van der Waals surface area contributed by atoms with Crippen LogP contribution < -0.4 is 4.90 Å². The molecule has 1 fully saturated rings. The van der Waals surface area contributed by atoms with E-state index < -0.39 is 0 Å². The van der Waals surface area contributed by atoms with Crippen molar-refractivity contribution in [1.29, 1.82) is 5.26 Å². The molecular weight excluding hydrogens is 232 g/mol. The Bertz CT molecular complexity index is 667. The summed E-state index contributed by atoms with van der Waals surface area (Å²) in [6.07, 6.45) is 4.39. The Kier molecular flexibility index (Phi) is 2.97. The molecule has 0 saturated carbocycles. The Labute approximate surface area is 113 Å². The van der Waals surface area contributed by atoms with Crippen molar-refractivity contribution in [2.75, 3.05) is 11.4 Å². The molecule has 2 aromatic rings. The van der Waals surface area contributed by atoms with Crippen molar-refractivity contribution >= 4 is 16.5 Å². The van der Waals surface area contributed by atoms with Gasteiger partial charge in [0.2, 0.25) is 0 Å². The van der Waals surface area contributed by atoms with Crippen molar-refractivity contribution in [3.63, 3.8) is 0 Å². The Morgan fingerprint density at radius 1 is 1.21 bits per heavy atom. The third-order valence-corrected chi connectivity index (χ3v) is 3.90. The van der Waals surface area contributed by atoms with Crippen LogP contribution >= 0.6 is 0 Å². The maximum atomic E-state index is 9.21. The molecule has 1 aliphatic rings. The van der Waals surface area contributed by atoms with Gasteiger partial charge in [-0.15, -0.1) is 6.58 Å². The number of benzene rings is 2. The average Bonchev–Trinajstić information content (AvgIpc) is 2.94. The summed E-state index contributed by atoms with van der Waals surface area (Å²) in [6, 6.07) is 14.8. The first kappa shape index (κ1) is 11.8. The summed E-state index contributed by atoms with van der Waals surface area (Å²) in [5, 5.41) is 11.4. The highest BCUT2D eigenvalue weighted by Crippen LogP contribution is 2.33. The molecule has 3 rings (SSSR count). The van der Waals surface area contributed by atoms with Gasteiger partial charge in [-0.2, -0.15) is 5.26 Å². The van der Waals surface area contributed by atoms with E-state index in [4.69, 9.17) is 0 Å². The maximum absolute atomic E-state index is 9.21. The molecule has 0 N–H and O–H groups in total. The van der Waals surface area contributed by atoms with E-state index in [-0.39, 0.29) is 0 Å². The first-order valence-corrected chi connectivity index (χ1v) is 6.66. The summed E-state index contributed by atoms with van der Waals surface area (Å²) in [6.45, 7) is 5.00. The van der Waals surface area contributed by atoms with Gasteiger partial charge in [-0.05, 0) is 25.0 Å². The van der Waals surface area contributed by atoms with Gasteiger partial charge in [-0.1, -0.05) is 30.3 Å². The molecule has 94 valence electrons. The zero-order chi connectivity index (χ0) is 13.2. The molecule has 0 unspecified atom stereocenters. The van der Waals surface area contributed by atoms with Crippen LogP contribution in [-0.2, 0) is 0 Å². The van der Waals surface area contributed by atoms with Gasteiger partial charge in [0.1, 0.15) is 0 Å². The normalized spacial score (nSPS) is 18.5. The van der Waals surface area contributed by atoms with Crippen LogP contribution in [0.4, 0.5) is 5.69 Å². The SMILES string of the molecule is C=C[C@@H]1CCCN1c1ccc(C#N)c2ccccc12. The fraction of sp³-hybridized carbons (Fsp3) is 0.235. The molecule has 1 aliphatic heterocycles. The quantitative estimate of drug-likeness (QED) is 0.754. The van der Waals surface area contributed by atoms with E-state index in [1.165, 1.54) is 12.1 Å². The van der Waals surface area contributed by atoms with Crippen molar-refractivity contribution in [3.8, 4) is 6.07 Å². The van der Waals surface area contributed by atoms with Crippen molar-refractivity contribution in [2.45, 2.75) is 18.9 Å². The Morgan fingerprint density at radius 2 is 2.00 bits per heavy atom. The summed E-state index contributed by atoms with van der Waals surface area (Å²) >= 11 is 0. The number of nitrogens with zero attached hydrogens (tertiary/aromatic N) is 2. The monoisotopic (exact) mass is 248 g/mol. The molecule has 0 bridgehead atoms. The predicted molar refractivity (Wildman–Crippen MR) is 79.2 cm³/mol. The van der Waals surface area contributed by atoms with Crippen LogP contribution in [0.15, 0.2) is 49.1 Å². The summed E-state index contributed by atoms with van der Waals surface area (Å²) in [5.41, 5.74) is 1.96.